The van der Waals surface area contributed by atoms with Crippen molar-refractivity contribution in [2.24, 2.45) is 5.92 Å². The molecule has 1 fully saturated rings. The molecule has 3 atom stereocenters. The predicted molar refractivity (Wildman–Crippen MR) is 74.2 cm³/mol. The fraction of sp³-hybridized carbons (Fsp3) is 0.692. The first-order valence-electron chi connectivity index (χ1n) is 5.96. The van der Waals surface area contributed by atoms with Gasteiger partial charge in [0.2, 0.25) is 0 Å². The molecule has 1 aliphatic carbocycles. The minimum absolute atomic E-state index is 0.296. The zero-order valence-corrected chi connectivity index (χ0v) is 11.8. The number of fused-ring (bicyclic) bond motifs is 1. The maximum absolute atomic E-state index is 3.56. The molecule has 15 heavy (non-hydrogen) atoms. The molecule has 0 radical (unpaired) electrons. The van der Waals surface area contributed by atoms with Gasteiger partial charge < -0.3 is 5.32 Å². The van der Waals surface area contributed by atoms with E-state index in [-0.39, 0.29) is 0 Å². The lowest BCUT2D eigenvalue weighted by Gasteiger charge is -2.12. The van der Waals surface area contributed by atoms with Gasteiger partial charge >= 0.3 is 0 Å². The van der Waals surface area contributed by atoms with Crippen molar-refractivity contribution in [3.8, 4) is 0 Å². The van der Waals surface area contributed by atoms with Gasteiger partial charge in [-0.05, 0) is 25.6 Å². The van der Waals surface area contributed by atoms with Crippen molar-refractivity contribution in [3.05, 3.63) is 24.4 Å². The van der Waals surface area contributed by atoms with Gasteiger partial charge in [-0.3, -0.25) is 0 Å². The lowest BCUT2D eigenvalue weighted by Crippen LogP contribution is -2.29. The van der Waals surface area contributed by atoms with E-state index in [1.54, 1.807) is 0 Å². The molecule has 0 saturated heterocycles. The van der Waals surface area contributed by atoms with Crippen LogP contribution in [0.5, 0.6) is 0 Å². The van der Waals surface area contributed by atoms with Crippen LogP contribution in [0.2, 0.25) is 0 Å². The Bertz CT molecular complexity index is 297. The third-order valence-electron chi connectivity index (χ3n) is 3.94. The molecule has 0 aromatic carbocycles. The van der Waals surface area contributed by atoms with Gasteiger partial charge in [-0.2, -0.15) is 0 Å². The van der Waals surface area contributed by atoms with Gasteiger partial charge in [-0.1, -0.05) is 60.9 Å². The molecule has 1 N–H and O–H groups in total. The van der Waals surface area contributed by atoms with Gasteiger partial charge in [0.05, 0.1) is 8.96 Å². The maximum atomic E-state index is 3.56. The van der Waals surface area contributed by atoms with Crippen LogP contribution < -0.4 is 5.32 Å². The first-order chi connectivity index (χ1) is 7.15. The summed E-state index contributed by atoms with van der Waals surface area (Å²) in [4.78, 5) is 0. The molecule has 1 heterocycles. The smallest absolute Gasteiger partial charge is 0.0684 e. The Kier molecular flexibility index (Phi) is 3.15. The number of unbranched alkanes of at least 4 members (excludes halogenated alkanes) is 2. The van der Waals surface area contributed by atoms with E-state index in [1.807, 2.05) is 0 Å². The number of alkyl halides is 1. The molecule has 84 valence electrons. The van der Waals surface area contributed by atoms with E-state index >= 15 is 0 Å². The Labute approximate surface area is 107 Å². The molecule has 0 aromatic heterocycles. The van der Waals surface area contributed by atoms with Crippen molar-refractivity contribution in [2.75, 3.05) is 0 Å². The first-order valence-corrected chi connectivity index (χ1v) is 7.04. The summed E-state index contributed by atoms with van der Waals surface area (Å²) in [5, 5.41) is 3.56. The van der Waals surface area contributed by atoms with Crippen LogP contribution in [0.4, 0.5) is 0 Å². The normalized spacial score (nSPS) is 41.9. The van der Waals surface area contributed by atoms with Gasteiger partial charge in [0, 0.05) is 5.92 Å². The highest BCUT2D eigenvalue weighted by Gasteiger charge is 2.70. The lowest BCUT2D eigenvalue weighted by atomic mass is 10.1. The molecule has 1 aliphatic heterocycles. The highest BCUT2D eigenvalue weighted by molar-refractivity contribution is 14.1. The minimum Gasteiger partial charge on any atom is -0.384 e. The Balaban J connectivity index is 1.99. The van der Waals surface area contributed by atoms with Crippen molar-refractivity contribution < 1.29 is 0 Å². The van der Waals surface area contributed by atoms with E-state index in [2.05, 4.69) is 66.2 Å². The number of rotatable bonds is 4. The lowest BCUT2D eigenvalue weighted by molar-refractivity contribution is 0.517. The van der Waals surface area contributed by atoms with Gasteiger partial charge in [0.15, 0.2) is 0 Å². The van der Waals surface area contributed by atoms with Crippen LogP contribution in [-0.2, 0) is 0 Å². The predicted octanol–water partition coefficient (Wildman–Crippen LogP) is 3.80. The molecule has 2 rings (SSSR count). The molecule has 0 aromatic rings. The average Bonchev–Trinajstić information content (AvgIpc) is 2.70. The molecule has 1 saturated carbocycles. The molecule has 1 nitrogen and oxygen atoms in total. The molecule has 2 heteroatoms. The molecule has 2 aliphatic rings. The number of nitrogens with one attached hydrogen (secondary N) is 1. The summed E-state index contributed by atoms with van der Waals surface area (Å²) in [6.45, 7) is 4.63. The highest BCUT2D eigenvalue weighted by Crippen LogP contribution is 2.64. The molecule has 0 amide bonds. The van der Waals surface area contributed by atoms with Crippen molar-refractivity contribution in [3.63, 3.8) is 0 Å². The number of halogens is 1. The monoisotopic (exact) mass is 317 g/mol. The van der Waals surface area contributed by atoms with E-state index in [1.165, 1.54) is 25.7 Å². The quantitative estimate of drug-likeness (QED) is 0.472. The van der Waals surface area contributed by atoms with Crippen LogP contribution in [0.25, 0.3) is 0 Å². The van der Waals surface area contributed by atoms with Crippen LogP contribution in [0.3, 0.4) is 0 Å². The Morgan fingerprint density at radius 3 is 2.87 bits per heavy atom. The summed E-state index contributed by atoms with van der Waals surface area (Å²) >= 11 is 2.63. The third-order valence-corrected chi connectivity index (χ3v) is 6.17. The van der Waals surface area contributed by atoms with Crippen molar-refractivity contribution in [1.29, 1.82) is 0 Å². The second kappa shape index (κ2) is 4.11. The summed E-state index contributed by atoms with van der Waals surface area (Å²) < 4.78 is 0.349. The molecule has 3 unspecified atom stereocenters. The number of allylic oxidation sites excluding steroid dienone is 2. The van der Waals surface area contributed by atoms with Gasteiger partial charge in [-0.15, -0.1) is 0 Å². The Hall–Kier alpha value is 0.01000. The molecular weight excluding hydrogens is 297 g/mol. The summed E-state index contributed by atoms with van der Waals surface area (Å²) in [5.41, 5.74) is 0.296. The van der Waals surface area contributed by atoms with E-state index < -0.39 is 0 Å². The van der Waals surface area contributed by atoms with Crippen LogP contribution in [0.1, 0.15) is 39.5 Å². The molecular formula is C13H20IN. The second-order valence-corrected chi connectivity index (χ2v) is 6.67. The van der Waals surface area contributed by atoms with Gasteiger partial charge in [-0.25, -0.2) is 0 Å². The third kappa shape index (κ3) is 1.75. The summed E-state index contributed by atoms with van der Waals surface area (Å²) in [6, 6.07) is 0. The number of hydrogen-bond acceptors (Lipinski definition) is 1. The fourth-order valence-electron chi connectivity index (χ4n) is 2.76. The largest absolute Gasteiger partial charge is 0.384 e. The van der Waals surface area contributed by atoms with Crippen LogP contribution >= 0.6 is 22.6 Å². The Morgan fingerprint density at radius 2 is 2.13 bits per heavy atom. The SMILES string of the molecule is CCCCCC1C2(I)C=CC=CNC12C. The topological polar surface area (TPSA) is 12.0 Å². The first kappa shape index (κ1) is 11.5. The van der Waals surface area contributed by atoms with Crippen LogP contribution in [-0.4, -0.2) is 8.96 Å². The standard InChI is InChI=1S/C13H20IN/c1-3-4-5-8-11-12(2)13(11,14)9-6-7-10-15-12/h6-7,9-11,15H,3-5,8H2,1-2H3. The summed E-state index contributed by atoms with van der Waals surface area (Å²) in [5.74, 6) is 0.804. The second-order valence-electron chi connectivity index (χ2n) is 4.88. The molecule has 0 bridgehead atoms. The van der Waals surface area contributed by atoms with Gasteiger partial charge in [0.25, 0.3) is 0 Å². The van der Waals surface area contributed by atoms with Gasteiger partial charge in [0.1, 0.15) is 0 Å². The van der Waals surface area contributed by atoms with E-state index in [9.17, 15) is 0 Å². The average molecular weight is 317 g/mol. The fourth-order valence-corrected chi connectivity index (χ4v) is 4.28. The number of hydrogen-bond donors (Lipinski definition) is 1. The minimum atomic E-state index is 0.296. The van der Waals surface area contributed by atoms with E-state index in [0.717, 1.165) is 5.92 Å². The van der Waals surface area contributed by atoms with Crippen LogP contribution in [0, 0.1) is 5.92 Å². The van der Waals surface area contributed by atoms with Crippen LogP contribution in [0.15, 0.2) is 24.4 Å². The van der Waals surface area contributed by atoms with E-state index in [4.69, 9.17) is 0 Å². The zero-order chi connectivity index (χ0) is 10.9. The Morgan fingerprint density at radius 1 is 1.33 bits per heavy atom. The summed E-state index contributed by atoms with van der Waals surface area (Å²) in [7, 11) is 0. The molecule has 0 spiro atoms. The van der Waals surface area contributed by atoms with Crippen molar-refractivity contribution in [1.82, 2.24) is 5.32 Å². The maximum Gasteiger partial charge on any atom is 0.0684 e. The summed E-state index contributed by atoms with van der Waals surface area (Å²) in [6.07, 6.45) is 14.2. The van der Waals surface area contributed by atoms with E-state index in [0.29, 0.717) is 8.96 Å². The zero-order valence-electron chi connectivity index (χ0n) is 9.59. The van der Waals surface area contributed by atoms with Crippen molar-refractivity contribution >= 4 is 22.6 Å². The highest BCUT2D eigenvalue weighted by atomic mass is 127. The van der Waals surface area contributed by atoms with Crippen molar-refractivity contribution in [2.45, 2.75) is 48.5 Å².